The van der Waals surface area contributed by atoms with Crippen LogP contribution >= 0.6 is 12.4 Å². The van der Waals surface area contributed by atoms with E-state index in [2.05, 4.69) is 10.3 Å². The normalized spacial score (nSPS) is 16.3. The quantitative estimate of drug-likeness (QED) is 0.764. The molecule has 0 atom stereocenters. The highest BCUT2D eigenvalue weighted by molar-refractivity contribution is 6.01. The molecule has 1 aromatic heterocycles. The molecule has 0 radical (unpaired) electrons. The molecule has 0 bridgehead atoms. The highest BCUT2D eigenvalue weighted by Crippen LogP contribution is 2.33. The topological polar surface area (TPSA) is 70.9 Å². The number of carbonyl (C=O) groups excluding carboxylic acids is 1. The van der Waals surface area contributed by atoms with Gasteiger partial charge in [-0.05, 0) is 37.1 Å². The predicted molar refractivity (Wildman–Crippen MR) is 70.3 cm³/mol. The van der Waals surface area contributed by atoms with Crippen molar-refractivity contribution in [3.05, 3.63) is 30.5 Å². The van der Waals surface area contributed by atoms with E-state index >= 15 is 0 Å². The van der Waals surface area contributed by atoms with Crippen LogP contribution in [0.2, 0.25) is 0 Å². The molecule has 1 aliphatic carbocycles. The smallest absolute Gasteiger partial charge is 0.244 e. The first kappa shape index (κ1) is 12.0. The van der Waals surface area contributed by atoms with Gasteiger partial charge in [0.1, 0.15) is 0 Å². The zero-order chi connectivity index (χ0) is 11.2. The first-order valence-corrected chi connectivity index (χ1v) is 5.35. The van der Waals surface area contributed by atoms with Crippen LogP contribution in [0.1, 0.15) is 12.8 Å². The minimum absolute atomic E-state index is 0. The van der Waals surface area contributed by atoms with Crippen LogP contribution in [0.25, 0.3) is 10.9 Å². The fraction of sp³-hybridized carbons (Fsp3) is 0.250. The highest BCUT2D eigenvalue weighted by Gasteiger charge is 2.45. The fourth-order valence-electron chi connectivity index (χ4n) is 1.75. The minimum Gasteiger partial charge on any atom is -0.361 e. The van der Waals surface area contributed by atoms with Crippen molar-refractivity contribution < 1.29 is 4.79 Å². The Kier molecular flexibility index (Phi) is 2.85. The van der Waals surface area contributed by atoms with Gasteiger partial charge in [0.25, 0.3) is 0 Å². The Morgan fingerprint density at radius 3 is 2.82 bits per heavy atom. The van der Waals surface area contributed by atoms with Gasteiger partial charge in [-0.3, -0.25) is 4.79 Å². The lowest BCUT2D eigenvalue weighted by atomic mass is 10.2. The number of benzene rings is 1. The van der Waals surface area contributed by atoms with Crippen molar-refractivity contribution in [1.29, 1.82) is 0 Å². The number of H-pyrrole nitrogens is 1. The number of anilines is 1. The van der Waals surface area contributed by atoms with Gasteiger partial charge in [0.05, 0.1) is 5.54 Å². The Morgan fingerprint density at radius 2 is 2.12 bits per heavy atom. The van der Waals surface area contributed by atoms with Gasteiger partial charge >= 0.3 is 0 Å². The van der Waals surface area contributed by atoms with Crippen molar-refractivity contribution in [3.63, 3.8) is 0 Å². The van der Waals surface area contributed by atoms with Crippen LogP contribution in [0.15, 0.2) is 30.5 Å². The maximum absolute atomic E-state index is 11.7. The number of aromatic amines is 1. The van der Waals surface area contributed by atoms with Crippen LogP contribution in [0.3, 0.4) is 0 Å². The van der Waals surface area contributed by atoms with Gasteiger partial charge in [0.15, 0.2) is 0 Å². The Hall–Kier alpha value is -1.52. The number of amides is 1. The second-order valence-corrected chi connectivity index (χ2v) is 4.39. The molecule has 0 spiro atoms. The molecule has 2 aromatic rings. The van der Waals surface area contributed by atoms with Gasteiger partial charge < -0.3 is 16.0 Å². The van der Waals surface area contributed by atoms with E-state index in [1.165, 1.54) is 0 Å². The van der Waals surface area contributed by atoms with Crippen molar-refractivity contribution in [2.45, 2.75) is 18.4 Å². The van der Waals surface area contributed by atoms with Crippen molar-refractivity contribution in [1.82, 2.24) is 4.98 Å². The van der Waals surface area contributed by atoms with Crippen molar-refractivity contribution in [2.24, 2.45) is 5.73 Å². The number of hydrogen-bond acceptors (Lipinski definition) is 2. The van der Waals surface area contributed by atoms with Crippen LogP contribution in [0.5, 0.6) is 0 Å². The van der Waals surface area contributed by atoms with Crippen molar-refractivity contribution in [2.75, 3.05) is 5.32 Å². The standard InChI is InChI=1S/C12H13N3O.ClH/c13-12(4-5-12)11(16)15-9-1-2-10-8(7-9)3-6-14-10;/h1-3,6-7,14H,4-5,13H2,(H,15,16);1H. The second kappa shape index (κ2) is 4.05. The lowest BCUT2D eigenvalue weighted by Gasteiger charge is -2.09. The Balaban J connectivity index is 0.00000108. The molecule has 4 N–H and O–H groups in total. The number of nitrogens with one attached hydrogen (secondary N) is 2. The van der Waals surface area contributed by atoms with E-state index in [0.717, 1.165) is 29.4 Å². The Morgan fingerprint density at radius 1 is 1.35 bits per heavy atom. The van der Waals surface area contributed by atoms with Gasteiger partial charge in [0, 0.05) is 22.8 Å². The van der Waals surface area contributed by atoms with Gasteiger partial charge in [-0.2, -0.15) is 0 Å². The van der Waals surface area contributed by atoms with Crippen LogP contribution in [0, 0.1) is 0 Å². The van der Waals surface area contributed by atoms with Crippen LogP contribution in [-0.2, 0) is 4.79 Å². The third-order valence-corrected chi connectivity index (χ3v) is 3.05. The average Bonchev–Trinajstić information content (AvgIpc) is 2.87. The summed E-state index contributed by atoms with van der Waals surface area (Å²) in [5, 5.41) is 3.93. The highest BCUT2D eigenvalue weighted by atomic mass is 35.5. The summed E-state index contributed by atoms with van der Waals surface area (Å²) in [4.78, 5) is 14.8. The number of aromatic nitrogens is 1. The molecular weight excluding hydrogens is 238 g/mol. The van der Waals surface area contributed by atoms with E-state index in [9.17, 15) is 4.79 Å². The lowest BCUT2D eigenvalue weighted by molar-refractivity contribution is -0.118. The van der Waals surface area contributed by atoms with E-state index in [0.29, 0.717) is 0 Å². The van der Waals surface area contributed by atoms with Crippen LogP contribution in [-0.4, -0.2) is 16.4 Å². The third kappa shape index (κ3) is 2.14. The molecule has 1 aliphatic rings. The molecule has 4 nitrogen and oxygen atoms in total. The third-order valence-electron chi connectivity index (χ3n) is 3.05. The molecule has 90 valence electrons. The summed E-state index contributed by atoms with van der Waals surface area (Å²) in [5.74, 6) is -0.0811. The molecule has 1 heterocycles. The van der Waals surface area contributed by atoms with Gasteiger partial charge in [-0.15, -0.1) is 12.4 Å². The van der Waals surface area contributed by atoms with Gasteiger partial charge in [-0.25, -0.2) is 0 Å². The first-order chi connectivity index (χ1) is 7.67. The molecule has 3 rings (SSSR count). The van der Waals surface area contributed by atoms with E-state index in [-0.39, 0.29) is 18.3 Å². The van der Waals surface area contributed by atoms with Crippen molar-refractivity contribution in [3.8, 4) is 0 Å². The summed E-state index contributed by atoms with van der Waals surface area (Å²) < 4.78 is 0. The molecule has 1 aromatic carbocycles. The summed E-state index contributed by atoms with van der Waals surface area (Å²) in [6, 6.07) is 7.74. The van der Waals surface area contributed by atoms with Crippen LogP contribution < -0.4 is 11.1 Å². The predicted octanol–water partition coefficient (Wildman–Crippen LogP) is 2.02. The molecule has 17 heavy (non-hydrogen) atoms. The summed E-state index contributed by atoms with van der Waals surface area (Å²) in [6.45, 7) is 0. The van der Waals surface area contributed by atoms with Crippen molar-refractivity contribution >= 4 is 34.9 Å². The van der Waals surface area contributed by atoms with Crippen LogP contribution in [0.4, 0.5) is 5.69 Å². The van der Waals surface area contributed by atoms with Gasteiger partial charge in [0.2, 0.25) is 5.91 Å². The monoisotopic (exact) mass is 251 g/mol. The largest absolute Gasteiger partial charge is 0.361 e. The lowest BCUT2D eigenvalue weighted by Crippen LogP contribution is -2.37. The molecule has 0 unspecified atom stereocenters. The molecule has 0 aliphatic heterocycles. The van der Waals surface area contributed by atoms with E-state index < -0.39 is 5.54 Å². The number of halogens is 1. The molecular formula is C12H14ClN3O. The Bertz CT molecular complexity index is 560. The fourth-order valence-corrected chi connectivity index (χ4v) is 1.75. The molecule has 5 heteroatoms. The average molecular weight is 252 g/mol. The number of hydrogen-bond donors (Lipinski definition) is 3. The zero-order valence-corrected chi connectivity index (χ0v) is 10.0. The van der Waals surface area contributed by atoms with E-state index in [1.807, 2.05) is 30.5 Å². The molecule has 1 amide bonds. The minimum atomic E-state index is -0.618. The van der Waals surface area contributed by atoms with E-state index in [4.69, 9.17) is 5.73 Å². The Labute approximate surface area is 105 Å². The SMILES string of the molecule is Cl.NC1(C(=O)Nc2ccc3[nH]ccc3c2)CC1. The molecule has 1 fully saturated rings. The summed E-state index contributed by atoms with van der Waals surface area (Å²) >= 11 is 0. The second-order valence-electron chi connectivity index (χ2n) is 4.39. The molecule has 0 saturated heterocycles. The summed E-state index contributed by atoms with van der Waals surface area (Å²) in [7, 11) is 0. The maximum atomic E-state index is 11.7. The number of nitrogens with two attached hydrogens (primary N) is 1. The zero-order valence-electron chi connectivity index (χ0n) is 9.19. The molecule has 1 saturated carbocycles. The summed E-state index contributed by atoms with van der Waals surface area (Å²) in [6.07, 6.45) is 3.44. The number of rotatable bonds is 2. The first-order valence-electron chi connectivity index (χ1n) is 5.35. The van der Waals surface area contributed by atoms with E-state index in [1.54, 1.807) is 0 Å². The maximum Gasteiger partial charge on any atom is 0.244 e. The summed E-state index contributed by atoms with van der Waals surface area (Å²) in [5.41, 5.74) is 7.06. The number of carbonyl (C=O) groups is 1. The number of fused-ring (bicyclic) bond motifs is 1. The van der Waals surface area contributed by atoms with Gasteiger partial charge in [-0.1, -0.05) is 0 Å².